The molecule has 0 saturated carbocycles. The summed E-state index contributed by atoms with van der Waals surface area (Å²) in [6, 6.07) is 8.71. The molecule has 21 heavy (non-hydrogen) atoms. The zero-order valence-electron chi connectivity index (χ0n) is 13.3. The molecule has 3 nitrogen and oxygen atoms in total. The van der Waals surface area contributed by atoms with Gasteiger partial charge in [-0.2, -0.15) is 0 Å². The molecule has 1 atom stereocenters. The Morgan fingerprint density at radius 3 is 2.48 bits per heavy atom. The Hall–Kier alpha value is -1.35. The summed E-state index contributed by atoms with van der Waals surface area (Å²) in [6.07, 6.45) is 4.59. The van der Waals surface area contributed by atoms with Gasteiger partial charge in [-0.3, -0.25) is 9.69 Å². The monoisotopic (exact) mass is 289 g/mol. The molecule has 1 heterocycles. The molecule has 1 aromatic carbocycles. The van der Waals surface area contributed by atoms with Crippen molar-refractivity contribution >= 4 is 5.97 Å². The van der Waals surface area contributed by atoms with E-state index in [2.05, 4.69) is 43.0 Å². The number of aliphatic carboxylic acids is 1. The van der Waals surface area contributed by atoms with Gasteiger partial charge in [0, 0.05) is 13.1 Å². The van der Waals surface area contributed by atoms with Crippen LogP contribution in [0.25, 0.3) is 0 Å². The molecule has 0 spiro atoms. The smallest absolute Gasteiger partial charge is 0.310 e. The molecule has 1 saturated heterocycles. The number of aryl methyl sites for hydroxylation is 1. The number of nitrogens with zero attached hydrogens (tertiary/aromatic N) is 1. The van der Waals surface area contributed by atoms with Crippen LogP contribution < -0.4 is 0 Å². The number of likely N-dealkylation sites (tertiary alicyclic amines) is 1. The van der Waals surface area contributed by atoms with Crippen LogP contribution in [0.15, 0.2) is 24.3 Å². The van der Waals surface area contributed by atoms with Crippen molar-refractivity contribution in [2.24, 2.45) is 5.41 Å². The number of hydrogen-bond donors (Lipinski definition) is 1. The molecule has 0 aliphatic carbocycles. The molecule has 1 N–H and O–H groups in total. The Kier molecular flexibility index (Phi) is 5.40. The summed E-state index contributed by atoms with van der Waals surface area (Å²) >= 11 is 0. The maximum Gasteiger partial charge on any atom is 0.310 e. The second-order valence-electron chi connectivity index (χ2n) is 6.32. The second kappa shape index (κ2) is 7.08. The van der Waals surface area contributed by atoms with Crippen LogP contribution in [0.1, 0.15) is 50.7 Å². The summed E-state index contributed by atoms with van der Waals surface area (Å²) in [7, 11) is 0. The first-order chi connectivity index (χ1) is 10.1. The highest BCUT2D eigenvalue weighted by molar-refractivity contribution is 5.75. The Morgan fingerprint density at radius 2 is 1.90 bits per heavy atom. The molecule has 1 unspecified atom stereocenters. The van der Waals surface area contributed by atoms with E-state index in [-0.39, 0.29) is 0 Å². The van der Waals surface area contributed by atoms with E-state index in [1.165, 1.54) is 11.1 Å². The lowest BCUT2D eigenvalue weighted by Crippen LogP contribution is -2.47. The standard InChI is InChI=1S/C18H27NO2/c1-3-10-18(17(20)21)11-5-12-19(14-18)13-16-8-6-15(4-2)7-9-16/h6-9H,3-5,10-14H2,1-2H3,(H,20,21). The third kappa shape index (κ3) is 3.85. The lowest BCUT2D eigenvalue weighted by Gasteiger charge is -2.40. The summed E-state index contributed by atoms with van der Waals surface area (Å²) in [5.74, 6) is -0.615. The predicted molar refractivity (Wildman–Crippen MR) is 85.3 cm³/mol. The van der Waals surface area contributed by atoms with Gasteiger partial charge >= 0.3 is 5.97 Å². The highest BCUT2D eigenvalue weighted by Crippen LogP contribution is 2.35. The molecule has 0 aromatic heterocycles. The van der Waals surface area contributed by atoms with Crippen LogP contribution in [0.4, 0.5) is 0 Å². The lowest BCUT2D eigenvalue weighted by molar-refractivity contribution is -0.153. The Bertz CT molecular complexity index is 465. The van der Waals surface area contributed by atoms with Gasteiger partial charge in [0.2, 0.25) is 0 Å². The van der Waals surface area contributed by atoms with Crippen molar-refractivity contribution in [3.05, 3.63) is 35.4 Å². The largest absolute Gasteiger partial charge is 0.481 e. The lowest BCUT2D eigenvalue weighted by atomic mass is 9.76. The number of benzene rings is 1. The third-order valence-electron chi connectivity index (χ3n) is 4.68. The van der Waals surface area contributed by atoms with Gasteiger partial charge in [0.25, 0.3) is 0 Å². The van der Waals surface area contributed by atoms with Gasteiger partial charge in [-0.25, -0.2) is 0 Å². The fourth-order valence-electron chi connectivity index (χ4n) is 3.46. The highest BCUT2D eigenvalue weighted by atomic mass is 16.4. The summed E-state index contributed by atoms with van der Waals surface area (Å²) in [4.78, 5) is 14.0. The van der Waals surface area contributed by atoms with E-state index in [9.17, 15) is 9.90 Å². The summed E-state index contributed by atoms with van der Waals surface area (Å²) in [5.41, 5.74) is 2.10. The van der Waals surface area contributed by atoms with E-state index in [1.54, 1.807) is 0 Å². The summed E-state index contributed by atoms with van der Waals surface area (Å²) in [5, 5.41) is 9.65. The number of rotatable bonds is 6. The van der Waals surface area contributed by atoms with Crippen LogP contribution in [0, 0.1) is 5.41 Å². The first-order valence-electron chi connectivity index (χ1n) is 8.13. The van der Waals surface area contributed by atoms with Gasteiger partial charge in [0.15, 0.2) is 0 Å². The number of carboxylic acids is 1. The zero-order valence-corrected chi connectivity index (χ0v) is 13.3. The van der Waals surface area contributed by atoms with Gasteiger partial charge in [-0.05, 0) is 43.4 Å². The van der Waals surface area contributed by atoms with Gasteiger partial charge in [0.1, 0.15) is 0 Å². The fourth-order valence-corrected chi connectivity index (χ4v) is 3.46. The number of piperidine rings is 1. The summed E-state index contributed by atoms with van der Waals surface area (Å²) < 4.78 is 0. The maximum absolute atomic E-state index is 11.7. The van der Waals surface area contributed by atoms with Crippen molar-refractivity contribution in [3.63, 3.8) is 0 Å². The first-order valence-corrected chi connectivity index (χ1v) is 8.13. The minimum atomic E-state index is -0.615. The predicted octanol–water partition coefficient (Wildman–Crippen LogP) is 3.72. The molecule has 1 aliphatic rings. The van der Waals surface area contributed by atoms with Gasteiger partial charge in [-0.15, -0.1) is 0 Å². The normalized spacial score (nSPS) is 23.1. The Labute approximate surface area is 128 Å². The molecule has 0 bridgehead atoms. The van der Waals surface area contributed by atoms with E-state index in [0.717, 1.165) is 45.2 Å². The second-order valence-corrected chi connectivity index (χ2v) is 6.32. The van der Waals surface area contributed by atoms with E-state index >= 15 is 0 Å². The number of carbonyl (C=O) groups is 1. The van der Waals surface area contributed by atoms with Gasteiger partial charge in [-0.1, -0.05) is 44.5 Å². The fraction of sp³-hybridized carbons (Fsp3) is 0.611. The van der Waals surface area contributed by atoms with E-state index in [0.29, 0.717) is 6.54 Å². The Balaban J connectivity index is 2.04. The van der Waals surface area contributed by atoms with E-state index in [4.69, 9.17) is 0 Å². The minimum Gasteiger partial charge on any atom is -0.481 e. The SMILES string of the molecule is CCCC1(C(=O)O)CCCN(Cc2ccc(CC)cc2)C1. The van der Waals surface area contributed by atoms with Crippen LogP contribution in [-0.4, -0.2) is 29.1 Å². The number of carboxylic acid groups (broad SMARTS) is 1. The molecular formula is C18H27NO2. The van der Waals surface area contributed by atoms with Crippen LogP contribution >= 0.6 is 0 Å². The van der Waals surface area contributed by atoms with Gasteiger partial charge in [0.05, 0.1) is 5.41 Å². The van der Waals surface area contributed by atoms with Crippen LogP contribution in [-0.2, 0) is 17.8 Å². The molecule has 116 valence electrons. The number of hydrogen-bond acceptors (Lipinski definition) is 2. The van der Waals surface area contributed by atoms with Crippen LogP contribution in [0.2, 0.25) is 0 Å². The molecule has 0 amide bonds. The van der Waals surface area contributed by atoms with E-state index < -0.39 is 11.4 Å². The quantitative estimate of drug-likeness (QED) is 0.867. The molecular weight excluding hydrogens is 262 g/mol. The highest BCUT2D eigenvalue weighted by Gasteiger charge is 2.41. The van der Waals surface area contributed by atoms with Crippen molar-refractivity contribution < 1.29 is 9.90 Å². The minimum absolute atomic E-state index is 0.531. The first kappa shape index (κ1) is 16.0. The average Bonchev–Trinajstić information content (AvgIpc) is 2.48. The topological polar surface area (TPSA) is 40.5 Å². The van der Waals surface area contributed by atoms with Crippen molar-refractivity contribution in [3.8, 4) is 0 Å². The van der Waals surface area contributed by atoms with Crippen molar-refractivity contribution in [1.82, 2.24) is 4.90 Å². The Morgan fingerprint density at radius 1 is 1.24 bits per heavy atom. The van der Waals surface area contributed by atoms with E-state index in [1.807, 2.05) is 0 Å². The molecule has 1 aliphatic heterocycles. The molecule has 2 rings (SSSR count). The molecule has 1 fully saturated rings. The molecule has 0 radical (unpaired) electrons. The zero-order chi connectivity index (χ0) is 15.3. The van der Waals surface area contributed by atoms with Crippen molar-refractivity contribution in [2.75, 3.05) is 13.1 Å². The van der Waals surface area contributed by atoms with Crippen LogP contribution in [0.5, 0.6) is 0 Å². The summed E-state index contributed by atoms with van der Waals surface area (Å²) in [6.45, 7) is 6.79. The average molecular weight is 289 g/mol. The maximum atomic E-state index is 11.7. The van der Waals surface area contributed by atoms with Crippen molar-refractivity contribution in [2.45, 2.75) is 52.5 Å². The molecule has 3 heteroatoms. The third-order valence-corrected chi connectivity index (χ3v) is 4.68. The molecule has 1 aromatic rings. The van der Waals surface area contributed by atoms with Crippen molar-refractivity contribution in [1.29, 1.82) is 0 Å². The van der Waals surface area contributed by atoms with Gasteiger partial charge < -0.3 is 5.11 Å². The van der Waals surface area contributed by atoms with Crippen LogP contribution in [0.3, 0.4) is 0 Å².